The van der Waals surface area contributed by atoms with Crippen molar-refractivity contribution in [2.75, 3.05) is 45.9 Å². The first-order valence-corrected chi connectivity index (χ1v) is 5.73. The number of hydrogen-bond donors (Lipinski definition) is 2. The molecule has 0 bridgehead atoms. The smallest absolute Gasteiger partial charge is 0.390 e. The number of aliphatic hydroxyl groups is 1. The Labute approximate surface area is 98.7 Å². The van der Waals surface area contributed by atoms with E-state index in [2.05, 4.69) is 5.32 Å². The Balaban J connectivity index is 2.02. The Morgan fingerprint density at radius 3 is 2.53 bits per heavy atom. The fourth-order valence-corrected chi connectivity index (χ4v) is 1.65. The second kappa shape index (κ2) is 7.15. The van der Waals surface area contributed by atoms with Crippen LogP contribution in [-0.4, -0.2) is 68.2 Å². The molecule has 0 amide bonds. The van der Waals surface area contributed by atoms with Gasteiger partial charge in [-0.2, -0.15) is 13.2 Å². The second-order valence-electron chi connectivity index (χ2n) is 4.14. The summed E-state index contributed by atoms with van der Waals surface area (Å²) in [5.74, 6) is 0. The van der Waals surface area contributed by atoms with E-state index in [0.717, 1.165) is 13.1 Å². The minimum atomic E-state index is -4.14. The van der Waals surface area contributed by atoms with Crippen LogP contribution in [-0.2, 0) is 4.74 Å². The van der Waals surface area contributed by atoms with Crippen molar-refractivity contribution in [3.63, 3.8) is 0 Å². The van der Waals surface area contributed by atoms with E-state index < -0.39 is 18.7 Å². The summed E-state index contributed by atoms with van der Waals surface area (Å²) in [5, 5.41) is 12.2. The van der Waals surface area contributed by atoms with Crippen LogP contribution in [0.15, 0.2) is 0 Å². The molecule has 1 saturated heterocycles. The highest BCUT2D eigenvalue weighted by Crippen LogP contribution is 2.18. The Morgan fingerprint density at radius 2 is 1.94 bits per heavy atom. The van der Waals surface area contributed by atoms with Crippen molar-refractivity contribution >= 4 is 0 Å². The van der Waals surface area contributed by atoms with Gasteiger partial charge in [-0.15, -0.1) is 0 Å². The van der Waals surface area contributed by atoms with E-state index in [-0.39, 0.29) is 13.1 Å². The highest BCUT2D eigenvalue weighted by molar-refractivity contribution is 4.69. The van der Waals surface area contributed by atoms with E-state index in [9.17, 15) is 18.3 Å². The first-order valence-electron chi connectivity index (χ1n) is 5.73. The number of ether oxygens (including phenoxy) is 1. The van der Waals surface area contributed by atoms with Gasteiger partial charge in [0.1, 0.15) is 0 Å². The van der Waals surface area contributed by atoms with Gasteiger partial charge in [-0.05, 0) is 0 Å². The summed E-state index contributed by atoms with van der Waals surface area (Å²) in [6, 6.07) is 0. The standard InChI is InChI=1S/C10H19F3N2O2/c11-10(12,13)1-2-14-7-9(16)8-15-3-5-17-6-4-15/h9,14,16H,1-8H2. The lowest BCUT2D eigenvalue weighted by Crippen LogP contribution is -2.44. The van der Waals surface area contributed by atoms with Crippen molar-refractivity contribution in [3.8, 4) is 0 Å². The topological polar surface area (TPSA) is 44.7 Å². The third kappa shape index (κ3) is 7.54. The molecule has 0 radical (unpaired) electrons. The average Bonchev–Trinajstić information content (AvgIpc) is 2.25. The Morgan fingerprint density at radius 1 is 1.29 bits per heavy atom. The fourth-order valence-electron chi connectivity index (χ4n) is 1.65. The second-order valence-corrected chi connectivity index (χ2v) is 4.14. The number of rotatable bonds is 6. The van der Waals surface area contributed by atoms with Crippen molar-refractivity contribution < 1.29 is 23.0 Å². The van der Waals surface area contributed by atoms with Crippen molar-refractivity contribution in [1.82, 2.24) is 10.2 Å². The molecule has 0 aliphatic carbocycles. The molecule has 1 aliphatic heterocycles. The molecule has 1 atom stereocenters. The number of aliphatic hydroxyl groups excluding tert-OH is 1. The number of alkyl halides is 3. The summed E-state index contributed by atoms with van der Waals surface area (Å²) in [7, 11) is 0. The number of nitrogens with zero attached hydrogens (tertiary/aromatic N) is 1. The molecule has 0 saturated carbocycles. The van der Waals surface area contributed by atoms with E-state index >= 15 is 0 Å². The normalized spacial score (nSPS) is 20.5. The number of nitrogens with one attached hydrogen (secondary N) is 1. The van der Waals surface area contributed by atoms with Gasteiger partial charge in [0.15, 0.2) is 0 Å². The SMILES string of the molecule is OC(CNCCC(F)(F)F)CN1CCOCC1. The number of morpholine rings is 1. The molecule has 102 valence electrons. The maximum absolute atomic E-state index is 11.8. The minimum absolute atomic E-state index is 0.149. The van der Waals surface area contributed by atoms with E-state index in [4.69, 9.17) is 4.74 Å². The summed E-state index contributed by atoms with van der Waals surface area (Å²) in [6.07, 6.45) is -5.64. The molecule has 0 aromatic carbocycles. The van der Waals surface area contributed by atoms with Crippen molar-refractivity contribution in [2.45, 2.75) is 18.7 Å². The van der Waals surface area contributed by atoms with Crippen LogP contribution in [0, 0.1) is 0 Å². The predicted molar refractivity (Wildman–Crippen MR) is 56.8 cm³/mol. The molecular formula is C10H19F3N2O2. The summed E-state index contributed by atoms with van der Waals surface area (Å²) in [5.41, 5.74) is 0. The van der Waals surface area contributed by atoms with E-state index in [1.54, 1.807) is 0 Å². The largest absolute Gasteiger partial charge is 0.390 e. The van der Waals surface area contributed by atoms with Crippen LogP contribution < -0.4 is 5.32 Å². The average molecular weight is 256 g/mol. The maximum Gasteiger partial charge on any atom is 0.390 e. The van der Waals surface area contributed by atoms with Gasteiger partial charge in [0, 0.05) is 32.7 Å². The maximum atomic E-state index is 11.8. The molecule has 2 N–H and O–H groups in total. The summed E-state index contributed by atoms with van der Waals surface area (Å²) < 4.78 is 40.6. The lowest BCUT2D eigenvalue weighted by molar-refractivity contribution is -0.133. The summed E-state index contributed by atoms with van der Waals surface area (Å²) >= 11 is 0. The number of halogens is 3. The minimum Gasteiger partial charge on any atom is -0.390 e. The van der Waals surface area contributed by atoms with Gasteiger partial charge < -0.3 is 15.2 Å². The van der Waals surface area contributed by atoms with Gasteiger partial charge in [-0.25, -0.2) is 0 Å². The molecule has 4 nitrogen and oxygen atoms in total. The van der Waals surface area contributed by atoms with Gasteiger partial charge in [0.25, 0.3) is 0 Å². The Kier molecular flexibility index (Phi) is 6.18. The molecular weight excluding hydrogens is 237 g/mol. The first kappa shape index (κ1) is 14.7. The van der Waals surface area contributed by atoms with Crippen LogP contribution in [0.4, 0.5) is 13.2 Å². The van der Waals surface area contributed by atoms with E-state index in [0.29, 0.717) is 19.8 Å². The van der Waals surface area contributed by atoms with Crippen LogP contribution in [0.2, 0.25) is 0 Å². The van der Waals surface area contributed by atoms with Gasteiger partial charge in [-0.3, -0.25) is 4.90 Å². The zero-order valence-corrected chi connectivity index (χ0v) is 9.67. The summed E-state index contributed by atoms with van der Waals surface area (Å²) in [4.78, 5) is 2.04. The van der Waals surface area contributed by atoms with Crippen molar-refractivity contribution in [2.24, 2.45) is 0 Å². The summed E-state index contributed by atoms with van der Waals surface area (Å²) in [6.45, 7) is 3.33. The van der Waals surface area contributed by atoms with E-state index in [1.165, 1.54) is 0 Å². The molecule has 0 spiro atoms. The first-order chi connectivity index (χ1) is 7.97. The quantitative estimate of drug-likeness (QED) is 0.667. The zero-order chi connectivity index (χ0) is 12.7. The number of β-amino-alcohol motifs (C(OH)–C–C–N with tert-alkyl or cyclic N) is 1. The molecule has 0 aromatic heterocycles. The van der Waals surface area contributed by atoms with Gasteiger partial charge in [-0.1, -0.05) is 0 Å². The Hall–Kier alpha value is -0.370. The molecule has 1 fully saturated rings. The lowest BCUT2D eigenvalue weighted by Gasteiger charge is -2.28. The van der Waals surface area contributed by atoms with Crippen molar-refractivity contribution in [1.29, 1.82) is 0 Å². The predicted octanol–water partition coefficient (Wildman–Crippen LogP) is 0.222. The van der Waals surface area contributed by atoms with Crippen LogP contribution in [0.3, 0.4) is 0 Å². The third-order valence-electron chi connectivity index (χ3n) is 2.54. The van der Waals surface area contributed by atoms with Crippen LogP contribution in [0.5, 0.6) is 0 Å². The van der Waals surface area contributed by atoms with Crippen LogP contribution in [0.1, 0.15) is 6.42 Å². The molecule has 7 heteroatoms. The third-order valence-corrected chi connectivity index (χ3v) is 2.54. The van der Waals surface area contributed by atoms with Crippen LogP contribution in [0.25, 0.3) is 0 Å². The highest BCUT2D eigenvalue weighted by Gasteiger charge is 2.26. The van der Waals surface area contributed by atoms with Gasteiger partial charge in [0.05, 0.1) is 25.7 Å². The molecule has 0 aromatic rings. The monoisotopic (exact) mass is 256 g/mol. The van der Waals surface area contributed by atoms with E-state index in [1.807, 2.05) is 4.90 Å². The van der Waals surface area contributed by atoms with Gasteiger partial charge >= 0.3 is 6.18 Å². The molecule has 1 heterocycles. The number of hydrogen-bond acceptors (Lipinski definition) is 4. The highest BCUT2D eigenvalue weighted by atomic mass is 19.4. The van der Waals surface area contributed by atoms with Crippen molar-refractivity contribution in [3.05, 3.63) is 0 Å². The Bertz CT molecular complexity index is 208. The lowest BCUT2D eigenvalue weighted by atomic mass is 10.3. The molecule has 1 rings (SSSR count). The van der Waals surface area contributed by atoms with Crippen LogP contribution >= 0.6 is 0 Å². The molecule has 1 aliphatic rings. The molecule has 1 unspecified atom stereocenters. The van der Waals surface area contributed by atoms with Gasteiger partial charge in [0.2, 0.25) is 0 Å². The zero-order valence-electron chi connectivity index (χ0n) is 9.67. The fraction of sp³-hybridized carbons (Fsp3) is 1.00. The molecule has 17 heavy (non-hydrogen) atoms.